The van der Waals surface area contributed by atoms with Crippen LogP contribution in [0.1, 0.15) is 62.6 Å². The number of benzene rings is 3. The second-order valence-electron chi connectivity index (χ2n) is 11.0. The van der Waals surface area contributed by atoms with E-state index in [1.807, 2.05) is 50.2 Å². The summed E-state index contributed by atoms with van der Waals surface area (Å²) in [6.07, 6.45) is 5.76. The Balaban J connectivity index is 1.70. The monoisotopic (exact) mass is 653 g/mol. The fraction of sp³-hybridized carbons (Fsp3) is 0.394. The highest BCUT2D eigenvalue weighted by atomic mass is 79.9. The quantitative estimate of drug-likeness (QED) is 0.260. The predicted molar refractivity (Wildman–Crippen MR) is 171 cm³/mol. The Kier molecular flexibility index (Phi) is 10.8. The maximum Gasteiger partial charge on any atom is 0.264 e. The molecule has 42 heavy (non-hydrogen) atoms. The van der Waals surface area contributed by atoms with E-state index < -0.39 is 28.5 Å². The number of halogens is 1. The molecule has 7 nitrogen and oxygen atoms in total. The standard InChI is InChI=1S/C33H40BrN3O4S/c1-4-27-10-8-9-13-31(27)37(42(40,41)30-20-14-24(2)15-21-30)23-32(38)36(22-26-16-18-28(34)19-17-26)25(3)33(39)35-29-11-6-5-7-12-29/h8-10,13-21,25,29H,4-7,11-12,22-23H2,1-3H3,(H,35,39)/t25-/m1/s1. The summed E-state index contributed by atoms with van der Waals surface area (Å²) >= 11 is 3.45. The molecule has 4 rings (SSSR count). The lowest BCUT2D eigenvalue weighted by atomic mass is 9.95. The van der Waals surface area contributed by atoms with Gasteiger partial charge in [-0.3, -0.25) is 13.9 Å². The molecule has 3 aromatic carbocycles. The maximum absolute atomic E-state index is 14.2. The number of sulfonamides is 1. The summed E-state index contributed by atoms with van der Waals surface area (Å²) in [6, 6.07) is 20.7. The van der Waals surface area contributed by atoms with Gasteiger partial charge in [0, 0.05) is 17.1 Å². The molecule has 0 heterocycles. The molecule has 224 valence electrons. The van der Waals surface area contributed by atoms with Gasteiger partial charge in [-0.15, -0.1) is 0 Å². The highest BCUT2D eigenvalue weighted by Gasteiger charge is 2.33. The number of para-hydroxylation sites is 1. The fourth-order valence-corrected chi connectivity index (χ4v) is 7.06. The molecule has 0 bridgehead atoms. The van der Waals surface area contributed by atoms with E-state index in [2.05, 4.69) is 21.2 Å². The van der Waals surface area contributed by atoms with Crippen LogP contribution in [0.5, 0.6) is 0 Å². The molecule has 1 saturated carbocycles. The largest absolute Gasteiger partial charge is 0.352 e. The van der Waals surface area contributed by atoms with E-state index >= 15 is 0 Å². The van der Waals surface area contributed by atoms with Crippen molar-refractivity contribution in [2.75, 3.05) is 10.8 Å². The van der Waals surface area contributed by atoms with Gasteiger partial charge in [-0.2, -0.15) is 0 Å². The van der Waals surface area contributed by atoms with Gasteiger partial charge >= 0.3 is 0 Å². The van der Waals surface area contributed by atoms with E-state index in [1.54, 1.807) is 43.3 Å². The smallest absolute Gasteiger partial charge is 0.264 e. The first-order chi connectivity index (χ1) is 20.1. The van der Waals surface area contributed by atoms with Gasteiger partial charge in [-0.1, -0.05) is 90.1 Å². The van der Waals surface area contributed by atoms with Gasteiger partial charge < -0.3 is 10.2 Å². The third-order valence-electron chi connectivity index (χ3n) is 7.91. The van der Waals surface area contributed by atoms with Gasteiger partial charge in [-0.05, 0) is 74.6 Å². The number of nitrogens with zero attached hydrogens (tertiary/aromatic N) is 2. The molecular formula is C33H40BrN3O4S. The molecule has 0 spiro atoms. The molecule has 1 fully saturated rings. The number of anilines is 1. The van der Waals surface area contributed by atoms with Gasteiger partial charge in [-0.25, -0.2) is 8.42 Å². The van der Waals surface area contributed by atoms with E-state index in [9.17, 15) is 18.0 Å². The minimum absolute atomic E-state index is 0.0909. The molecule has 9 heteroatoms. The molecule has 1 atom stereocenters. The third kappa shape index (κ3) is 7.81. The van der Waals surface area contributed by atoms with E-state index in [1.165, 1.54) is 15.6 Å². The number of aryl methyl sites for hydroxylation is 2. The van der Waals surface area contributed by atoms with Gasteiger partial charge in [0.1, 0.15) is 12.6 Å². The van der Waals surface area contributed by atoms with Crippen molar-refractivity contribution in [3.63, 3.8) is 0 Å². The molecule has 3 aromatic rings. The molecule has 1 aliphatic carbocycles. The van der Waals surface area contributed by atoms with Crippen LogP contribution in [0.3, 0.4) is 0 Å². The third-order valence-corrected chi connectivity index (χ3v) is 10.2. The number of rotatable bonds is 11. The van der Waals surface area contributed by atoms with Crippen LogP contribution in [-0.4, -0.2) is 43.8 Å². The van der Waals surface area contributed by atoms with Crippen LogP contribution in [0.4, 0.5) is 5.69 Å². The van der Waals surface area contributed by atoms with E-state index in [-0.39, 0.29) is 23.4 Å². The number of carbonyl (C=O) groups is 2. The van der Waals surface area contributed by atoms with Crippen LogP contribution >= 0.6 is 15.9 Å². The Morgan fingerprint density at radius 1 is 0.952 bits per heavy atom. The molecule has 0 saturated heterocycles. The molecule has 0 radical (unpaired) electrons. The van der Waals surface area contributed by atoms with Crippen LogP contribution in [0.2, 0.25) is 0 Å². The maximum atomic E-state index is 14.2. The van der Waals surface area contributed by atoms with Crippen LogP contribution in [0.25, 0.3) is 0 Å². The first-order valence-corrected chi connectivity index (χ1v) is 16.8. The number of nitrogens with one attached hydrogen (secondary N) is 1. The summed E-state index contributed by atoms with van der Waals surface area (Å²) in [5.74, 6) is -0.680. The Bertz CT molecular complexity index is 1470. The number of carbonyl (C=O) groups excluding carboxylic acids is 2. The Morgan fingerprint density at radius 2 is 1.60 bits per heavy atom. The molecule has 1 aliphatic rings. The summed E-state index contributed by atoms with van der Waals surface area (Å²) in [6.45, 7) is 5.29. The fourth-order valence-electron chi connectivity index (χ4n) is 5.34. The first-order valence-electron chi connectivity index (χ1n) is 14.6. The lowest BCUT2D eigenvalue weighted by Crippen LogP contribution is -2.53. The Morgan fingerprint density at radius 3 is 2.24 bits per heavy atom. The molecule has 0 aromatic heterocycles. The van der Waals surface area contributed by atoms with Crippen molar-refractivity contribution in [3.05, 3.63) is 94.0 Å². The van der Waals surface area contributed by atoms with Crippen LogP contribution < -0.4 is 9.62 Å². The van der Waals surface area contributed by atoms with Gasteiger partial charge in [0.25, 0.3) is 10.0 Å². The topological polar surface area (TPSA) is 86.8 Å². The Labute approximate surface area is 258 Å². The zero-order valence-corrected chi connectivity index (χ0v) is 27.0. The summed E-state index contributed by atoms with van der Waals surface area (Å²) < 4.78 is 30.3. The minimum atomic E-state index is -4.10. The number of hydrogen-bond donors (Lipinski definition) is 1. The molecular weight excluding hydrogens is 614 g/mol. The van der Waals surface area contributed by atoms with Crippen molar-refractivity contribution in [1.29, 1.82) is 0 Å². The molecule has 1 N–H and O–H groups in total. The Hall–Kier alpha value is -3.17. The number of hydrogen-bond acceptors (Lipinski definition) is 4. The summed E-state index contributed by atoms with van der Waals surface area (Å²) in [5, 5.41) is 3.14. The minimum Gasteiger partial charge on any atom is -0.352 e. The van der Waals surface area contributed by atoms with Gasteiger partial charge in [0.15, 0.2) is 0 Å². The second-order valence-corrected chi connectivity index (χ2v) is 13.8. The molecule has 0 unspecified atom stereocenters. The molecule has 2 amide bonds. The van der Waals surface area contributed by atoms with E-state index in [4.69, 9.17) is 0 Å². The van der Waals surface area contributed by atoms with Gasteiger partial charge in [0.2, 0.25) is 11.8 Å². The normalized spacial score (nSPS) is 14.7. The lowest BCUT2D eigenvalue weighted by Gasteiger charge is -2.33. The van der Waals surface area contributed by atoms with E-state index in [0.717, 1.165) is 46.8 Å². The summed E-state index contributed by atoms with van der Waals surface area (Å²) in [4.78, 5) is 29.3. The second kappa shape index (κ2) is 14.3. The average Bonchev–Trinajstić information content (AvgIpc) is 2.99. The summed E-state index contributed by atoms with van der Waals surface area (Å²) in [5.41, 5.74) is 3.04. The highest BCUT2D eigenvalue weighted by molar-refractivity contribution is 9.10. The van der Waals surface area contributed by atoms with Crippen LogP contribution in [0, 0.1) is 6.92 Å². The van der Waals surface area contributed by atoms with Crippen molar-refractivity contribution in [2.24, 2.45) is 0 Å². The van der Waals surface area contributed by atoms with Crippen LogP contribution in [0.15, 0.2) is 82.2 Å². The van der Waals surface area contributed by atoms with Crippen LogP contribution in [-0.2, 0) is 32.6 Å². The number of amides is 2. The zero-order chi connectivity index (χ0) is 30.3. The predicted octanol–water partition coefficient (Wildman–Crippen LogP) is 6.38. The van der Waals surface area contributed by atoms with Crippen molar-refractivity contribution in [1.82, 2.24) is 10.2 Å². The van der Waals surface area contributed by atoms with Gasteiger partial charge in [0.05, 0.1) is 10.6 Å². The van der Waals surface area contributed by atoms with Crippen molar-refractivity contribution in [2.45, 2.75) is 82.8 Å². The lowest BCUT2D eigenvalue weighted by molar-refractivity contribution is -0.139. The first kappa shape index (κ1) is 31.8. The zero-order valence-electron chi connectivity index (χ0n) is 24.6. The summed E-state index contributed by atoms with van der Waals surface area (Å²) in [7, 11) is -4.10. The average molecular weight is 655 g/mol. The van der Waals surface area contributed by atoms with Crippen molar-refractivity contribution < 1.29 is 18.0 Å². The van der Waals surface area contributed by atoms with E-state index in [0.29, 0.717) is 12.1 Å². The van der Waals surface area contributed by atoms with Crippen molar-refractivity contribution in [3.8, 4) is 0 Å². The highest BCUT2D eigenvalue weighted by Crippen LogP contribution is 2.28. The van der Waals surface area contributed by atoms with Crippen molar-refractivity contribution >= 4 is 43.5 Å². The molecule has 0 aliphatic heterocycles. The SMILES string of the molecule is CCc1ccccc1N(CC(=O)N(Cc1ccc(Br)cc1)[C@H](C)C(=O)NC1CCCCC1)S(=O)(=O)c1ccc(C)cc1.